The molecule has 0 saturated heterocycles. The number of halogens is 1. The molecule has 0 atom stereocenters. The van der Waals surface area contributed by atoms with Gasteiger partial charge in [-0.15, -0.1) is 0 Å². The third-order valence-corrected chi connectivity index (χ3v) is 3.32. The Labute approximate surface area is 140 Å². The number of benzene rings is 1. The van der Waals surface area contributed by atoms with E-state index in [0.717, 1.165) is 11.1 Å². The summed E-state index contributed by atoms with van der Waals surface area (Å²) in [6.45, 7) is 3.29. The van der Waals surface area contributed by atoms with E-state index in [1.807, 2.05) is 19.9 Å². The normalized spacial score (nSPS) is 9.87. The fourth-order valence-electron chi connectivity index (χ4n) is 1.89. The van der Waals surface area contributed by atoms with Crippen LogP contribution in [0.4, 0.5) is 0 Å². The van der Waals surface area contributed by atoms with Gasteiger partial charge in [0.05, 0.1) is 12.5 Å². The number of carbonyl (C=O) groups excluding carboxylic acids is 2. The average molecular weight is 339 g/mol. The SMILES string of the molecule is Cc1cc(Cl)cc(C)c1OCC(=O)OCC(=O)N(C)CCC#N. The van der Waals surface area contributed by atoms with E-state index in [2.05, 4.69) is 0 Å². The summed E-state index contributed by atoms with van der Waals surface area (Å²) in [5, 5.41) is 9.06. The number of amides is 1. The average Bonchev–Trinajstić information content (AvgIpc) is 2.49. The molecule has 0 unspecified atom stereocenters. The minimum absolute atomic E-state index is 0.231. The highest BCUT2D eigenvalue weighted by molar-refractivity contribution is 6.30. The van der Waals surface area contributed by atoms with Crippen molar-refractivity contribution in [1.82, 2.24) is 4.90 Å². The molecule has 0 spiro atoms. The summed E-state index contributed by atoms with van der Waals surface area (Å²) in [6.07, 6.45) is 0.231. The first-order valence-electron chi connectivity index (χ1n) is 7.01. The smallest absolute Gasteiger partial charge is 0.344 e. The maximum absolute atomic E-state index is 11.7. The molecular formula is C16H19ClN2O4. The van der Waals surface area contributed by atoms with Crippen LogP contribution < -0.4 is 4.74 Å². The van der Waals surface area contributed by atoms with Gasteiger partial charge in [-0.2, -0.15) is 5.26 Å². The van der Waals surface area contributed by atoms with Gasteiger partial charge in [-0.1, -0.05) is 11.6 Å². The molecule has 0 fully saturated rings. The zero-order valence-electron chi connectivity index (χ0n) is 13.4. The second-order valence-electron chi connectivity index (χ2n) is 5.04. The number of nitrogens with zero attached hydrogens (tertiary/aromatic N) is 2. The lowest BCUT2D eigenvalue weighted by atomic mass is 10.1. The predicted octanol–water partition coefficient (Wildman–Crippen LogP) is 2.25. The van der Waals surface area contributed by atoms with Crippen molar-refractivity contribution in [3.63, 3.8) is 0 Å². The molecule has 1 amide bonds. The number of aryl methyl sites for hydroxylation is 2. The highest BCUT2D eigenvalue weighted by atomic mass is 35.5. The zero-order valence-corrected chi connectivity index (χ0v) is 14.1. The van der Waals surface area contributed by atoms with E-state index >= 15 is 0 Å². The minimum atomic E-state index is -0.638. The second-order valence-corrected chi connectivity index (χ2v) is 5.48. The highest BCUT2D eigenvalue weighted by Gasteiger charge is 2.13. The monoisotopic (exact) mass is 338 g/mol. The number of ether oxygens (including phenoxy) is 2. The Morgan fingerprint density at radius 1 is 1.26 bits per heavy atom. The van der Waals surface area contributed by atoms with E-state index in [-0.39, 0.29) is 25.5 Å². The van der Waals surface area contributed by atoms with Gasteiger partial charge in [-0.05, 0) is 37.1 Å². The quantitative estimate of drug-likeness (QED) is 0.712. The number of likely N-dealkylation sites (N-methyl/N-ethyl adjacent to an activating group) is 1. The first-order valence-corrected chi connectivity index (χ1v) is 7.39. The van der Waals surface area contributed by atoms with E-state index in [0.29, 0.717) is 17.3 Å². The molecule has 0 saturated carbocycles. The molecule has 23 heavy (non-hydrogen) atoms. The first-order chi connectivity index (χ1) is 10.8. The summed E-state index contributed by atoms with van der Waals surface area (Å²) in [5.74, 6) is -0.433. The Balaban J connectivity index is 2.44. The number of rotatable bonds is 7. The fourth-order valence-corrected chi connectivity index (χ4v) is 2.22. The Morgan fingerprint density at radius 3 is 2.43 bits per heavy atom. The highest BCUT2D eigenvalue weighted by Crippen LogP contribution is 2.26. The second kappa shape index (κ2) is 9.01. The number of carbonyl (C=O) groups is 2. The molecule has 1 rings (SSSR count). The van der Waals surface area contributed by atoms with Crippen LogP contribution in [0, 0.1) is 25.2 Å². The summed E-state index contributed by atoms with van der Waals surface area (Å²) < 4.78 is 10.3. The van der Waals surface area contributed by atoms with Crippen LogP contribution >= 0.6 is 11.6 Å². The maximum Gasteiger partial charge on any atom is 0.344 e. The Hall–Kier alpha value is -2.26. The molecule has 1 aromatic carbocycles. The van der Waals surface area contributed by atoms with E-state index in [1.54, 1.807) is 19.2 Å². The maximum atomic E-state index is 11.7. The van der Waals surface area contributed by atoms with Crippen molar-refractivity contribution >= 4 is 23.5 Å². The largest absolute Gasteiger partial charge is 0.481 e. The van der Waals surface area contributed by atoms with Crippen LogP contribution in [0.1, 0.15) is 17.5 Å². The van der Waals surface area contributed by atoms with Crippen LogP contribution in [-0.4, -0.2) is 43.6 Å². The fraction of sp³-hybridized carbons (Fsp3) is 0.438. The van der Waals surface area contributed by atoms with E-state index < -0.39 is 5.97 Å². The third-order valence-electron chi connectivity index (χ3n) is 3.10. The van der Waals surface area contributed by atoms with Gasteiger partial charge in [-0.3, -0.25) is 4.79 Å². The third kappa shape index (κ3) is 6.17. The van der Waals surface area contributed by atoms with Gasteiger partial charge in [0, 0.05) is 18.6 Å². The molecular weight excluding hydrogens is 320 g/mol. The number of hydrogen-bond donors (Lipinski definition) is 0. The van der Waals surface area contributed by atoms with Crippen LogP contribution in [0.25, 0.3) is 0 Å². The van der Waals surface area contributed by atoms with Crippen molar-refractivity contribution in [1.29, 1.82) is 5.26 Å². The Bertz CT molecular complexity index is 602. The van der Waals surface area contributed by atoms with Gasteiger partial charge in [0.25, 0.3) is 5.91 Å². The van der Waals surface area contributed by atoms with Crippen molar-refractivity contribution in [3.8, 4) is 11.8 Å². The molecule has 6 nitrogen and oxygen atoms in total. The van der Waals surface area contributed by atoms with Crippen LogP contribution in [-0.2, 0) is 14.3 Å². The lowest BCUT2D eigenvalue weighted by molar-refractivity contribution is -0.153. The van der Waals surface area contributed by atoms with Gasteiger partial charge < -0.3 is 14.4 Å². The Kier molecular flexibility index (Phi) is 7.36. The van der Waals surface area contributed by atoms with Gasteiger partial charge >= 0.3 is 5.97 Å². The lowest BCUT2D eigenvalue weighted by Crippen LogP contribution is -2.32. The molecule has 1 aromatic rings. The summed E-state index contributed by atoms with van der Waals surface area (Å²) >= 11 is 5.93. The predicted molar refractivity (Wildman–Crippen MR) is 85.2 cm³/mol. The van der Waals surface area contributed by atoms with Gasteiger partial charge in [0.1, 0.15) is 5.75 Å². The van der Waals surface area contributed by atoms with Crippen LogP contribution in [0.5, 0.6) is 5.75 Å². The lowest BCUT2D eigenvalue weighted by Gasteiger charge is -2.16. The number of esters is 1. The number of nitriles is 1. The summed E-state index contributed by atoms with van der Waals surface area (Å²) in [7, 11) is 1.55. The van der Waals surface area contributed by atoms with Crippen molar-refractivity contribution < 1.29 is 19.1 Å². The van der Waals surface area contributed by atoms with E-state index in [9.17, 15) is 9.59 Å². The van der Waals surface area contributed by atoms with Crippen LogP contribution in [0.2, 0.25) is 5.02 Å². The van der Waals surface area contributed by atoms with Crippen molar-refractivity contribution in [3.05, 3.63) is 28.3 Å². The summed E-state index contributed by atoms with van der Waals surface area (Å²) in [4.78, 5) is 24.6. The van der Waals surface area contributed by atoms with Crippen molar-refractivity contribution in [2.75, 3.05) is 26.8 Å². The van der Waals surface area contributed by atoms with E-state index in [1.165, 1.54) is 4.90 Å². The molecule has 0 bridgehead atoms. The molecule has 0 aromatic heterocycles. The van der Waals surface area contributed by atoms with Gasteiger partial charge in [-0.25, -0.2) is 4.79 Å². The molecule has 0 aliphatic carbocycles. The molecule has 124 valence electrons. The van der Waals surface area contributed by atoms with Crippen molar-refractivity contribution in [2.45, 2.75) is 20.3 Å². The minimum Gasteiger partial charge on any atom is -0.481 e. The van der Waals surface area contributed by atoms with Gasteiger partial charge in [0.2, 0.25) is 0 Å². The molecule has 0 radical (unpaired) electrons. The molecule has 0 N–H and O–H groups in total. The Morgan fingerprint density at radius 2 is 1.87 bits per heavy atom. The zero-order chi connectivity index (χ0) is 17.4. The van der Waals surface area contributed by atoms with Crippen molar-refractivity contribution in [2.24, 2.45) is 0 Å². The summed E-state index contributed by atoms with van der Waals surface area (Å²) in [6, 6.07) is 5.42. The standard InChI is InChI=1S/C16H19ClN2O4/c1-11-7-13(17)8-12(2)16(11)23-10-15(21)22-9-14(20)19(3)6-4-5-18/h7-8H,4,6,9-10H2,1-3H3. The van der Waals surface area contributed by atoms with Crippen LogP contribution in [0.15, 0.2) is 12.1 Å². The summed E-state index contributed by atoms with van der Waals surface area (Å²) in [5.41, 5.74) is 1.63. The molecule has 7 heteroatoms. The first kappa shape index (κ1) is 18.8. The van der Waals surface area contributed by atoms with Gasteiger partial charge in [0.15, 0.2) is 13.2 Å². The molecule has 0 aliphatic heterocycles. The van der Waals surface area contributed by atoms with Crippen LogP contribution in [0.3, 0.4) is 0 Å². The molecule has 0 heterocycles. The molecule has 0 aliphatic rings. The topological polar surface area (TPSA) is 79.6 Å². The number of hydrogen-bond acceptors (Lipinski definition) is 5. The van der Waals surface area contributed by atoms with E-state index in [4.69, 9.17) is 26.3 Å².